The summed E-state index contributed by atoms with van der Waals surface area (Å²) in [5.74, 6) is 0. The van der Waals surface area contributed by atoms with Gasteiger partial charge in [-0.1, -0.05) is 35.0 Å². The lowest BCUT2D eigenvalue weighted by Crippen LogP contribution is -2.16. The molecule has 3 rings (SSSR count). The van der Waals surface area contributed by atoms with Gasteiger partial charge in [0.05, 0.1) is 16.3 Å². The van der Waals surface area contributed by atoms with Gasteiger partial charge in [0, 0.05) is 16.1 Å². The molecule has 0 unspecified atom stereocenters. The average molecular weight is 462 g/mol. The Morgan fingerprint density at radius 2 is 1.82 bits per heavy atom. The molecule has 2 N–H and O–H groups in total. The summed E-state index contributed by atoms with van der Waals surface area (Å²) in [7, 11) is -3.81. The standard InChI is InChI=1S/C20H20BrN3O3S/c1-4-14-5-6-15(17-7-8-20(25)23-22-17)11-19(14)28(26,27)24-18-10-12(2)16(21)9-13(18)3/h5-11,24H,4H2,1-3H3,(H,23,25). The second kappa shape index (κ2) is 7.89. The number of hydrogen-bond acceptors (Lipinski definition) is 4. The van der Waals surface area contributed by atoms with Crippen molar-refractivity contribution in [1.29, 1.82) is 0 Å². The highest BCUT2D eigenvalue weighted by atomic mass is 79.9. The highest BCUT2D eigenvalue weighted by Crippen LogP contribution is 2.29. The van der Waals surface area contributed by atoms with E-state index < -0.39 is 10.0 Å². The Hall–Kier alpha value is -2.45. The van der Waals surface area contributed by atoms with Crippen LogP contribution in [0, 0.1) is 13.8 Å². The number of aromatic amines is 1. The summed E-state index contributed by atoms with van der Waals surface area (Å²) in [6, 6.07) is 11.8. The van der Waals surface area contributed by atoms with Crippen LogP contribution >= 0.6 is 15.9 Å². The van der Waals surface area contributed by atoms with E-state index in [1.54, 1.807) is 30.3 Å². The van der Waals surface area contributed by atoms with Crippen LogP contribution in [0.4, 0.5) is 5.69 Å². The quantitative estimate of drug-likeness (QED) is 0.595. The van der Waals surface area contributed by atoms with Crippen LogP contribution in [0.3, 0.4) is 0 Å². The molecule has 3 aromatic rings. The number of aromatic nitrogens is 2. The van der Waals surface area contributed by atoms with E-state index in [1.165, 1.54) is 6.07 Å². The zero-order valence-corrected chi connectivity index (χ0v) is 18.1. The second-order valence-electron chi connectivity index (χ2n) is 6.50. The number of sulfonamides is 1. The van der Waals surface area contributed by atoms with Crippen LogP contribution in [0.15, 0.2) is 56.6 Å². The third-order valence-corrected chi connectivity index (χ3v) is 6.76. The van der Waals surface area contributed by atoms with Crippen molar-refractivity contribution in [2.75, 3.05) is 4.72 Å². The molecule has 0 radical (unpaired) electrons. The summed E-state index contributed by atoms with van der Waals surface area (Å²) in [4.78, 5) is 11.4. The molecule has 0 saturated heterocycles. The van der Waals surface area contributed by atoms with Crippen molar-refractivity contribution in [3.05, 3.63) is 74.0 Å². The predicted octanol–water partition coefficient (Wildman–Crippen LogP) is 4.18. The molecule has 0 spiro atoms. The molecule has 146 valence electrons. The molecule has 1 heterocycles. The number of nitrogens with one attached hydrogen (secondary N) is 2. The maximum absolute atomic E-state index is 13.2. The van der Waals surface area contributed by atoms with Gasteiger partial charge < -0.3 is 0 Å². The number of aryl methyl sites for hydroxylation is 3. The second-order valence-corrected chi connectivity index (χ2v) is 9.01. The molecule has 1 aromatic heterocycles. The Morgan fingerprint density at radius 3 is 2.46 bits per heavy atom. The first-order valence-electron chi connectivity index (χ1n) is 8.70. The normalized spacial score (nSPS) is 11.4. The van der Waals surface area contributed by atoms with E-state index in [-0.39, 0.29) is 10.5 Å². The summed E-state index contributed by atoms with van der Waals surface area (Å²) in [5.41, 5.74) is 3.78. The molecule has 28 heavy (non-hydrogen) atoms. The van der Waals surface area contributed by atoms with E-state index in [0.717, 1.165) is 15.6 Å². The molecular weight excluding hydrogens is 442 g/mol. The van der Waals surface area contributed by atoms with Crippen LogP contribution in [0.25, 0.3) is 11.3 Å². The minimum Gasteiger partial charge on any atom is -0.279 e. The van der Waals surface area contributed by atoms with Gasteiger partial charge >= 0.3 is 0 Å². The zero-order chi connectivity index (χ0) is 20.5. The topological polar surface area (TPSA) is 91.9 Å². The number of anilines is 1. The monoisotopic (exact) mass is 461 g/mol. The van der Waals surface area contributed by atoms with Gasteiger partial charge in [-0.3, -0.25) is 9.52 Å². The van der Waals surface area contributed by atoms with E-state index in [1.807, 2.05) is 26.8 Å². The summed E-state index contributed by atoms with van der Waals surface area (Å²) in [6.45, 7) is 5.66. The van der Waals surface area contributed by atoms with E-state index in [9.17, 15) is 13.2 Å². The van der Waals surface area contributed by atoms with Crippen molar-refractivity contribution in [3.8, 4) is 11.3 Å². The minimum atomic E-state index is -3.81. The number of rotatable bonds is 5. The van der Waals surface area contributed by atoms with Gasteiger partial charge in [0.2, 0.25) is 0 Å². The fourth-order valence-electron chi connectivity index (χ4n) is 2.85. The smallest absolute Gasteiger partial charge is 0.264 e. The van der Waals surface area contributed by atoms with Gasteiger partial charge in [-0.2, -0.15) is 5.10 Å². The Balaban J connectivity index is 2.07. The first kappa shape index (κ1) is 20.3. The van der Waals surface area contributed by atoms with Gasteiger partial charge in [0.15, 0.2) is 0 Å². The zero-order valence-electron chi connectivity index (χ0n) is 15.7. The van der Waals surface area contributed by atoms with Crippen LogP contribution in [-0.4, -0.2) is 18.6 Å². The Bertz CT molecular complexity index is 1180. The van der Waals surface area contributed by atoms with Gasteiger partial charge in [-0.05, 0) is 61.2 Å². The average Bonchev–Trinajstić information content (AvgIpc) is 2.66. The van der Waals surface area contributed by atoms with E-state index in [2.05, 4.69) is 30.8 Å². The SMILES string of the molecule is CCc1ccc(-c2ccc(=O)[nH]n2)cc1S(=O)(=O)Nc1cc(C)c(Br)cc1C. The summed E-state index contributed by atoms with van der Waals surface area (Å²) >= 11 is 3.46. The highest BCUT2D eigenvalue weighted by molar-refractivity contribution is 9.10. The predicted molar refractivity (Wildman–Crippen MR) is 114 cm³/mol. The fourth-order valence-corrected chi connectivity index (χ4v) is 4.77. The van der Waals surface area contributed by atoms with Crippen molar-refractivity contribution in [2.45, 2.75) is 32.1 Å². The molecule has 0 saturated carbocycles. The Morgan fingerprint density at radius 1 is 1.07 bits per heavy atom. The lowest BCUT2D eigenvalue weighted by Gasteiger charge is -2.15. The van der Waals surface area contributed by atoms with Crippen molar-refractivity contribution < 1.29 is 8.42 Å². The van der Waals surface area contributed by atoms with Crippen LogP contribution in [0.1, 0.15) is 23.6 Å². The van der Waals surface area contributed by atoms with Crippen LogP contribution in [0.2, 0.25) is 0 Å². The van der Waals surface area contributed by atoms with Crippen LogP contribution < -0.4 is 10.3 Å². The molecule has 0 bridgehead atoms. The van der Waals surface area contributed by atoms with Crippen LogP contribution in [-0.2, 0) is 16.4 Å². The maximum Gasteiger partial charge on any atom is 0.264 e. The minimum absolute atomic E-state index is 0.195. The summed E-state index contributed by atoms with van der Waals surface area (Å²) < 4.78 is 30.0. The van der Waals surface area contributed by atoms with Crippen molar-refractivity contribution in [2.24, 2.45) is 0 Å². The molecule has 0 aliphatic carbocycles. The highest BCUT2D eigenvalue weighted by Gasteiger charge is 2.20. The first-order valence-corrected chi connectivity index (χ1v) is 11.0. The van der Waals surface area contributed by atoms with Crippen molar-refractivity contribution in [1.82, 2.24) is 10.2 Å². The summed E-state index contributed by atoms with van der Waals surface area (Å²) in [6.07, 6.45) is 0.563. The molecule has 0 amide bonds. The van der Waals surface area contributed by atoms with E-state index in [4.69, 9.17) is 0 Å². The van der Waals surface area contributed by atoms with Gasteiger partial charge in [0.25, 0.3) is 15.6 Å². The van der Waals surface area contributed by atoms with Gasteiger partial charge in [0.1, 0.15) is 0 Å². The van der Waals surface area contributed by atoms with Crippen LogP contribution in [0.5, 0.6) is 0 Å². The number of hydrogen-bond donors (Lipinski definition) is 2. The first-order chi connectivity index (χ1) is 13.2. The molecule has 6 nitrogen and oxygen atoms in total. The van der Waals surface area contributed by atoms with Gasteiger partial charge in [-0.25, -0.2) is 13.5 Å². The molecule has 2 aromatic carbocycles. The van der Waals surface area contributed by atoms with Crippen molar-refractivity contribution in [3.63, 3.8) is 0 Å². The third kappa shape index (κ3) is 4.18. The van der Waals surface area contributed by atoms with E-state index >= 15 is 0 Å². The van der Waals surface area contributed by atoms with Gasteiger partial charge in [-0.15, -0.1) is 0 Å². The largest absolute Gasteiger partial charge is 0.279 e. The summed E-state index contributed by atoms with van der Waals surface area (Å²) in [5, 5.41) is 6.36. The molecule has 8 heteroatoms. The number of H-pyrrole nitrogens is 1. The van der Waals surface area contributed by atoms with Crippen molar-refractivity contribution >= 4 is 31.6 Å². The third-order valence-electron chi connectivity index (χ3n) is 4.46. The number of nitrogens with zero attached hydrogens (tertiary/aromatic N) is 1. The maximum atomic E-state index is 13.2. The number of halogens is 1. The Kier molecular flexibility index (Phi) is 5.71. The molecule has 0 fully saturated rings. The lowest BCUT2D eigenvalue weighted by molar-refractivity contribution is 0.600. The number of benzene rings is 2. The molecule has 0 aliphatic rings. The van der Waals surface area contributed by atoms with E-state index in [0.29, 0.717) is 28.9 Å². The molecular formula is C20H20BrN3O3S. The Labute approximate surface area is 172 Å². The lowest BCUT2D eigenvalue weighted by atomic mass is 10.1. The molecule has 0 atom stereocenters. The molecule has 0 aliphatic heterocycles. The fraction of sp³-hybridized carbons (Fsp3) is 0.200.